The largest absolute Gasteiger partial charge is 0.358 e. The van der Waals surface area contributed by atoms with Gasteiger partial charge in [-0.2, -0.15) is 4.58 Å². The first-order valence-electron chi connectivity index (χ1n) is 16.8. The van der Waals surface area contributed by atoms with E-state index in [9.17, 15) is 0 Å². The molecular weight excluding hydrogens is 629 g/mol. The molecular formula is C43H42Cl2N3+. The number of rotatable bonds is 5. The molecule has 1 fully saturated rings. The molecule has 242 valence electrons. The number of fused-ring (bicyclic) bond motifs is 2. The first kappa shape index (κ1) is 32.2. The Morgan fingerprint density at radius 2 is 1.25 bits per heavy atom. The van der Waals surface area contributed by atoms with E-state index in [4.69, 9.17) is 23.2 Å². The number of anilines is 2. The smallest absolute Gasteiger partial charge is 0.218 e. The molecule has 0 radical (unpaired) electrons. The molecule has 2 heterocycles. The number of para-hydroxylation sites is 2. The van der Waals surface area contributed by atoms with Crippen LogP contribution in [0.15, 0.2) is 144 Å². The van der Waals surface area contributed by atoms with Gasteiger partial charge in [-0.05, 0) is 79.4 Å². The molecule has 48 heavy (non-hydrogen) atoms. The Morgan fingerprint density at radius 1 is 0.688 bits per heavy atom. The van der Waals surface area contributed by atoms with Crippen molar-refractivity contribution in [3.63, 3.8) is 0 Å². The summed E-state index contributed by atoms with van der Waals surface area (Å²) in [5, 5.41) is 5.23. The van der Waals surface area contributed by atoms with E-state index in [1.807, 2.05) is 12.1 Å². The summed E-state index contributed by atoms with van der Waals surface area (Å²) in [5.74, 6) is 0. The molecule has 2 aliphatic heterocycles. The summed E-state index contributed by atoms with van der Waals surface area (Å²) in [7, 11) is 0. The minimum absolute atomic E-state index is 0.175. The molecule has 0 spiro atoms. The van der Waals surface area contributed by atoms with E-state index in [0.29, 0.717) is 0 Å². The number of hydrogen-bond acceptors (Lipinski definition) is 2. The highest BCUT2D eigenvalue weighted by Gasteiger charge is 2.40. The summed E-state index contributed by atoms with van der Waals surface area (Å²) in [4.78, 5) is 2.43. The van der Waals surface area contributed by atoms with E-state index < -0.39 is 0 Å². The van der Waals surface area contributed by atoms with E-state index in [0.717, 1.165) is 46.5 Å². The van der Waals surface area contributed by atoms with Gasteiger partial charge in [0.1, 0.15) is 0 Å². The zero-order chi connectivity index (χ0) is 33.6. The second-order valence-electron chi connectivity index (χ2n) is 13.8. The van der Waals surface area contributed by atoms with Crippen LogP contribution in [0.4, 0.5) is 22.7 Å². The van der Waals surface area contributed by atoms with Crippen molar-refractivity contribution in [1.82, 2.24) is 4.58 Å². The van der Waals surface area contributed by atoms with Crippen LogP contribution in [0.5, 0.6) is 0 Å². The SMILES string of the molecule is CCN1C(=CC=C2CC/C(=C\C=C3\Nc4ccc(Cl)cc4C3(C)C)C2=[N+](c2ccccc2)c2ccccc2)C(C)(C)c2cc(Cl)ccc21. The predicted molar refractivity (Wildman–Crippen MR) is 207 cm³/mol. The molecule has 1 N–H and O–H groups in total. The minimum Gasteiger partial charge on any atom is -0.358 e. The fourth-order valence-corrected chi connectivity index (χ4v) is 7.92. The van der Waals surface area contributed by atoms with Crippen LogP contribution < -0.4 is 14.8 Å². The Labute approximate surface area is 295 Å². The maximum absolute atomic E-state index is 6.50. The van der Waals surface area contributed by atoms with Crippen molar-refractivity contribution in [3.8, 4) is 0 Å². The topological polar surface area (TPSA) is 18.3 Å². The van der Waals surface area contributed by atoms with Crippen LogP contribution in [0.2, 0.25) is 10.0 Å². The first-order valence-corrected chi connectivity index (χ1v) is 17.6. The van der Waals surface area contributed by atoms with Gasteiger partial charge in [-0.1, -0.05) is 99.4 Å². The fourth-order valence-electron chi connectivity index (χ4n) is 7.58. The lowest BCUT2D eigenvalue weighted by Gasteiger charge is -2.26. The molecule has 0 amide bonds. The lowest BCUT2D eigenvalue weighted by molar-refractivity contribution is 0.634. The van der Waals surface area contributed by atoms with Crippen LogP contribution >= 0.6 is 23.2 Å². The summed E-state index contributed by atoms with van der Waals surface area (Å²) in [5.41, 5.74) is 13.1. The molecule has 1 aliphatic carbocycles. The molecule has 7 rings (SSSR count). The molecule has 4 aromatic rings. The number of nitrogens with zero attached hydrogens (tertiary/aromatic N) is 2. The number of benzene rings is 4. The molecule has 0 aromatic heterocycles. The third-order valence-electron chi connectivity index (χ3n) is 10.2. The normalized spacial score (nSPS) is 20.9. The Hall–Kier alpha value is -4.31. The number of allylic oxidation sites excluding steroid dienone is 8. The highest BCUT2D eigenvalue weighted by molar-refractivity contribution is 6.31. The zero-order valence-electron chi connectivity index (χ0n) is 28.3. The molecule has 3 nitrogen and oxygen atoms in total. The van der Waals surface area contributed by atoms with Crippen LogP contribution in [0.25, 0.3) is 0 Å². The highest BCUT2D eigenvalue weighted by atomic mass is 35.5. The van der Waals surface area contributed by atoms with Gasteiger partial charge < -0.3 is 10.2 Å². The standard InChI is InChI=1S/C43H41Cl2N3/c1-6-47-38-24-22-32(45)28-36(38)43(4,5)40(47)26-20-30-18-17-29(19-25-39-42(2,3)35-27-31(44)21-23-37(35)46-39)41(30)48(33-13-9-7-10-14-33)34-15-11-8-12-16-34/h7-16,19-28H,6,17-18H2,1-5H3/p+1. The molecule has 3 aliphatic rings. The van der Waals surface area contributed by atoms with Gasteiger partial charge in [-0.3, -0.25) is 0 Å². The molecule has 0 unspecified atom stereocenters. The van der Waals surface area contributed by atoms with Gasteiger partial charge in [-0.15, -0.1) is 0 Å². The average Bonchev–Trinajstić information content (AvgIpc) is 3.66. The summed E-state index contributed by atoms with van der Waals surface area (Å²) in [6.45, 7) is 12.2. The molecule has 0 bridgehead atoms. The van der Waals surface area contributed by atoms with Crippen LogP contribution in [-0.2, 0) is 10.8 Å². The van der Waals surface area contributed by atoms with Crippen molar-refractivity contribution in [2.24, 2.45) is 0 Å². The molecule has 0 saturated heterocycles. The summed E-state index contributed by atoms with van der Waals surface area (Å²) < 4.78 is 2.43. The van der Waals surface area contributed by atoms with Crippen LogP contribution in [-0.4, -0.2) is 12.3 Å². The summed E-state index contributed by atoms with van der Waals surface area (Å²) in [6, 6.07) is 33.9. The monoisotopic (exact) mass is 670 g/mol. The van der Waals surface area contributed by atoms with Crippen molar-refractivity contribution in [3.05, 3.63) is 165 Å². The minimum atomic E-state index is -0.187. The van der Waals surface area contributed by atoms with Gasteiger partial charge in [0.2, 0.25) is 17.1 Å². The quantitative estimate of drug-likeness (QED) is 0.213. The van der Waals surface area contributed by atoms with Gasteiger partial charge in [0, 0.05) is 85.6 Å². The van der Waals surface area contributed by atoms with Gasteiger partial charge in [-0.25, -0.2) is 0 Å². The number of likely N-dealkylation sites (N-methyl/N-ethyl adjacent to an activating group) is 1. The summed E-state index contributed by atoms with van der Waals surface area (Å²) >= 11 is 12.9. The van der Waals surface area contributed by atoms with Gasteiger partial charge in [0.05, 0.1) is 0 Å². The Morgan fingerprint density at radius 3 is 1.85 bits per heavy atom. The zero-order valence-corrected chi connectivity index (χ0v) is 29.8. The van der Waals surface area contributed by atoms with Gasteiger partial charge in [0.25, 0.3) is 0 Å². The molecule has 5 heteroatoms. The van der Waals surface area contributed by atoms with Gasteiger partial charge >= 0.3 is 0 Å². The number of nitrogens with one attached hydrogen (secondary N) is 1. The van der Waals surface area contributed by atoms with E-state index in [-0.39, 0.29) is 10.8 Å². The Bertz CT molecular complexity index is 2000. The lowest BCUT2D eigenvalue weighted by Crippen LogP contribution is -2.25. The third kappa shape index (κ3) is 5.63. The van der Waals surface area contributed by atoms with Gasteiger partial charge in [0.15, 0.2) is 0 Å². The second kappa shape index (κ2) is 12.6. The van der Waals surface area contributed by atoms with Crippen molar-refractivity contribution >= 4 is 51.7 Å². The third-order valence-corrected chi connectivity index (χ3v) is 10.7. The first-order chi connectivity index (χ1) is 23.1. The fraction of sp³-hybridized carbons (Fsp3) is 0.233. The number of halogens is 2. The van der Waals surface area contributed by atoms with E-state index in [2.05, 4.69) is 159 Å². The second-order valence-corrected chi connectivity index (χ2v) is 14.7. The average molecular weight is 672 g/mol. The van der Waals surface area contributed by atoms with E-state index >= 15 is 0 Å². The molecule has 1 saturated carbocycles. The van der Waals surface area contributed by atoms with Crippen LogP contribution in [0, 0.1) is 0 Å². The van der Waals surface area contributed by atoms with Crippen molar-refractivity contribution in [2.75, 3.05) is 16.8 Å². The Balaban J connectivity index is 1.40. The number of hydrogen-bond donors (Lipinski definition) is 1. The van der Waals surface area contributed by atoms with Crippen molar-refractivity contribution < 1.29 is 0 Å². The molecule has 0 atom stereocenters. The van der Waals surface area contributed by atoms with Crippen molar-refractivity contribution in [1.29, 1.82) is 0 Å². The van der Waals surface area contributed by atoms with E-state index in [1.54, 1.807) is 0 Å². The van der Waals surface area contributed by atoms with Crippen LogP contribution in [0.3, 0.4) is 0 Å². The highest BCUT2D eigenvalue weighted by Crippen LogP contribution is 2.49. The lowest BCUT2D eigenvalue weighted by atomic mass is 9.83. The summed E-state index contributed by atoms with van der Waals surface area (Å²) in [6.07, 6.45) is 11.2. The predicted octanol–water partition coefficient (Wildman–Crippen LogP) is 11.9. The van der Waals surface area contributed by atoms with Crippen molar-refractivity contribution in [2.45, 2.75) is 58.3 Å². The maximum atomic E-state index is 6.50. The molecule has 4 aromatic carbocycles. The Kier molecular flexibility index (Phi) is 8.48. The van der Waals surface area contributed by atoms with Crippen LogP contribution in [0.1, 0.15) is 58.6 Å². The maximum Gasteiger partial charge on any atom is 0.218 e. The van der Waals surface area contributed by atoms with E-state index in [1.165, 1.54) is 45.1 Å².